The number of hydrogen-bond acceptors (Lipinski definition) is 5. The maximum Gasteiger partial charge on any atom is 0.274 e. The topological polar surface area (TPSA) is 86.5 Å². The molecule has 6 nitrogen and oxygen atoms in total. The number of nitrogens with one attached hydrogen (secondary N) is 1. The Morgan fingerprint density at radius 1 is 1.26 bits per heavy atom. The van der Waals surface area contributed by atoms with Gasteiger partial charge in [0.1, 0.15) is 5.69 Å². The smallest absolute Gasteiger partial charge is 0.274 e. The van der Waals surface area contributed by atoms with Crippen molar-refractivity contribution in [3.8, 4) is 11.5 Å². The van der Waals surface area contributed by atoms with Crippen LogP contribution in [0.15, 0.2) is 36.5 Å². The van der Waals surface area contributed by atoms with Gasteiger partial charge in [0.05, 0.1) is 11.4 Å². The fraction of sp³-hybridized carbons (Fsp3) is 0.0769. The second-order valence-corrected chi connectivity index (χ2v) is 3.96. The molecule has 19 heavy (non-hydrogen) atoms. The van der Waals surface area contributed by atoms with E-state index in [4.69, 9.17) is 15.2 Å². The first-order valence-electron chi connectivity index (χ1n) is 5.65. The molecular weight excluding hydrogens is 246 g/mol. The third-order valence-corrected chi connectivity index (χ3v) is 2.69. The van der Waals surface area contributed by atoms with Crippen molar-refractivity contribution in [1.29, 1.82) is 0 Å². The second-order valence-electron chi connectivity index (χ2n) is 3.96. The van der Waals surface area contributed by atoms with Crippen LogP contribution in [0.1, 0.15) is 10.5 Å². The highest BCUT2D eigenvalue weighted by Gasteiger charge is 2.17. The van der Waals surface area contributed by atoms with Crippen molar-refractivity contribution in [2.75, 3.05) is 17.8 Å². The fourth-order valence-corrected chi connectivity index (χ4v) is 1.75. The van der Waals surface area contributed by atoms with E-state index in [9.17, 15) is 4.79 Å². The van der Waals surface area contributed by atoms with E-state index in [0.29, 0.717) is 28.6 Å². The van der Waals surface area contributed by atoms with Gasteiger partial charge in [-0.15, -0.1) is 0 Å². The summed E-state index contributed by atoms with van der Waals surface area (Å²) in [4.78, 5) is 15.9. The molecule has 1 amide bonds. The molecule has 0 saturated carbocycles. The predicted octanol–water partition coefficient (Wildman–Crippen LogP) is 1.64. The summed E-state index contributed by atoms with van der Waals surface area (Å²) < 4.78 is 10.4. The highest BCUT2D eigenvalue weighted by molar-refractivity contribution is 6.04. The summed E-state index contributed by atoms with van der Waals surface area (Å²) in [7, 11) is 0. The first kappa shape index (κ1) is 11.3. The molecule has 1 aliphatic rings. The Morgan fingerprint density at radius 2 is 2.05 bits per heavy atom. The standard InChI is InChI=1S/C13H11N3O3/c14-8-5-11-12(19-7-18-11)6-10(8)16-13(17)9-3-1-2-4-15-9/h1-6H,7,14H2,(H,16,17). The first-order valence-corrected chi connectivity index (χ1v) is 5.65. The molecule has 0 saturated heterocycles. The summed E-state index contributed by atoms with van der Waals surface area (Å²) in [6.45, 7) is 0.159. The van der Waals surface area contributed by atoms with Gasteiger partial charge in [-0.05, 0) is 12.1 Å². The molecule has 0 unspecified atom stereocenters. The summed E-state index contributed by atoms with van der Waals surface area (Å²) in [5.41, 5.74) is 7.05. The van der Waals surface area contributed by atoms with E-state index < -0.39 is 0 Å². The highest BCUT2D eigenvalue weighted by Crippen LogP contribution is 2.38. The molecule has 6 heteroatoms. The molecule has 3 N–H and O–H groups in total. The van der Waals surface area contributed by atoms with Crippen LogP contribution in [0.2, 0.25) is 0 Å². The molecule has 0 atom stereocenters. The monoisotopic (exact) mass is 257 g/mol. The van der Waals surface area contributed by atoms with Gasteiger partial charge < -0.3 is 20.5 Å². The van der Waals surface area contributed by atoms with Crippen LogP contribution < -0.4 is 20.5 Å². The molecule has 2 aromatic rings. The minimum Gasteiger partial charge on any atom is -0.454 e. The van der Waals surface area contributed by atoms with Crippen molar-refractivity contribution in [3.63, 3.8) is 0 Å². The summed E-state index contributed by atoms with van der Waals surface area (Å²) >= 11 is 0. The Hall–Kier alpha value is -2.76. The van der Waals surface area contributed by atoms with Crippen molar-refractivity contribution in [2.45, 2.75) is 0 Å². The van der Waals surface area contributed by atoms with E-state index in [2.05, 4.69) is 10.3 Å². The Balaban J connectivity index is 1.86. The second kappa shape index (κ2) is 4.49. The van der Waals surface area contributed by atoms with Crippen LogP contribution in [-0.4, -0.2) is 17.7 Å². The minimum absolute atomic E-state index is 0.159. The molecule has 2 heterocycles. The van der Waals surface area contributed by atoms with Gasteiger partial charge >= 0.3 is 0 Å². The SMILES string of the molecule is Nc1cc2c(cc1NC(=O)c1ccccn1)OCO2. The molecule has 96 valence electrons. The van der Waals surface area contributed by atoms with Crippen LogP contribution in [-0.2, 0) is 0 Å². The lowest BCUT2D eigenvalue weighted by Gasteiger charge is -2.08. The van der Waals surface area contributed by atoms with Gasteiger partial charge in [-0.25, -0.2) is 0 Å². The molecule has 0 aliphatic carbocycles. The number of pyridine rings is 1. The number of benzene rings is 1. The van der Waals surface area contributed by atoms with Gasteiger partial charge in [0.15, 0.2) is 11.5 Å². The molecule has 1 aromatic heterocycles. The van der Waals surface area contributed by atoms with Crippen molar-refractivity contribution in [2.24, 2.45) is 0 Å². The number of nitrogen functional groups attached to an aromatic ring is 1. The molecule has 1 aliphatic heterocycles. The van der Waals surface area contributed by atoms with Crippen LogP contribution in [0.25, 0.3) is 0 Å². The van der Waals surface area contributed by atoms with Gasteiger partial charge in [0.25, 0.3) is 5.91 Å². The Labute approximate surface area is 109 Å². The summed E-state index contributed by atoms with van der Waals surface area (Å²) in [5, 5.41) is 2.69. The van der Waals surface area contributed by atoms with E-state index in [1.165, 1.54) is 0 Å². The number of ether oxygens (including phenoxy) is 2. The molecule has 0 radical (unpaired) electrons. The number of hydrogen-bond donors (Lipinski definition) is 2. The number of fused-ring (bicyclic) bond motifs is 1. The summed E-state index contributed by atoms with van der Waals surface area (Å²) in [6, 6.07) is 8.37. The van der Waals surface area contributed by atoms with Gasteiger partial charge in [-0.3, -0.25) is 9.78 Å². The largest absolute Gasteiger partial charge is 0.454 e. The number of amides is 1. The van der Waals surface area contributed by atoms with Crippen LogP contribution >= 0.6 is 0 Å². The lowest BCUT2D eigenvalue weighted by molar-refractivity contribution is 0.102. The van der Waals surface area contributed by atoms with Crippen molar-refractivity contribution >= 4 is 17.3 Å². The van der Waals surface area contributed by atoms with E-state index in [1.54, 1.807) is 36.5 Å². The lowest BCUT2D eigenvalue weighted by Crippen LogP contribution is -2.14. The van der Waals surface area contributed by atoms with Crippen molar-refractivity contribution in [1.82, 2.24) is 4.98 Å². The quantitative estimate of drug-likeness (QED) is 0.799. The van der Waals surface area contributed by atoms with E-state index >= 15 is 0 Å². The van der Waals surface area contributed by atoms with Crippen LogP contribution in [0.4, 0.5) is 11.4 Å². The zero-order chi connectivity index (χ0) is 13.2. The third kappa shape index (κ3) is 2.15. The maximum atomic E-state index is 12.0. The maximum absolute atomic E-state index is 12.0. The van der Waals surface area contributed by atoms with Crippen molar-refractivity contribution < 1.29 is 14.3 Å². The van der Waals surface area contributed by atoms with Crippen molar-refractivity contribution in [3.05, 3.63) is 42.2 Å². The zero-order valence-corrected chi connectivity index (χ0v) is 9.92. The Bertz CT molecular complexity index is 629. The summed E-state index contributed by atoms with van der Waals surface area (Å²) in [6.07, 6.45) is 1.55. The number of carbonyl (C=O) groups is 1. The fourth-order valence-electron chi connectivity index (χ4n) is 1.75. The van der Waals surface area contributed by atoms with Crippen LogP contribution in [0.3, 0.4) is 0 Å². The average molecular weight is 257 g/mol. The highest BCUT2D eigenvalue weighted by atomic mass is 16.7. The molecule has 3 rings (SSSR count). The van der Waals surface area contributed by atoms with E-state index in [0.717, 1.165) is 0 Å². The number of rotatable bonds is 2. The predicted molar refractivity (Wildman–Crippen MR) is 69.2 cm³/mol. The Morgan fingerprint density at radius 3 is 2.79 bits per heavy atom. The van der Waals surface area contributed by atoms with Crippen LogP contribution in [0, 0.1) is 0 Å². The Kier molecular flexibility index (Phi) is 2.68. The number of carbonyl (C=O) groups excluding carboxylic acids is 1. The number of anilines is 2. The lowest BCUT2D eigenvalue weighted by atomic mass is 10.2. The normalized spacial score (nSPS) is 12.2. The first-order chi connectivity index (χ1) is 9.24. The van der Waals surface area contributed by atoms with Gasteiger partial charge in [-0.2, -0.15) is 0 Å². The number of nitrogens with zero attached hydrogens (tertiary/aromatic N) is 1. The molecular formula is C13H11N3O3. The van der Waals surface area contributed by atoms with Gasteiger partial charge in [0.2, 0.25) is 6.79 Å². The average Bonchev–Trinajstić information content (AvgIpc) is 2.87. The molecule has 1 aromatic carbocycles. The number of aromatic nitrogens is 1. The van der Waals surface area contributed by atoms with Gasteiger partial charge in [0, 0.05) is 18.3 Å². The molecule has 0 spiro atoms. The van der Waals surface area contributed by atoms with E-state index in [1.807, 2.05) is 0 Å². The van der Waals surface area contributed by atoms with Crippen LogP contribution in [0.5, 0.6) is 11.5 Å². The van der Waals surface area contributed by atoms with Gasteiger partial charge in [-0.1, -0.05) is 6.07 Å². The molecule has 0 fully saturated rings. The zero-order valence-electron chi connectivity index (χ0n) is 9.92. The molecule has 0 bridgehead atoms. The minimum atomic E-state index is -0.328. The summed E-state index contributed by atoms with van der Waals surface area (Å²) in [5.74, 6) is 0.810. The third-order valence-electron chi connectivity index (χ3n) is 2.69. The number of nitrogens with two attached hydrogens (primary N) is 1. The van der Waals surface area contributed by atoms with E-state index in [-0.39, 0.29) is 12.7 Å².